The van der Waals surface area contributed by atoms with Gasteiger partial charge in [-0.2, -0.15) is 0 Å². The molecule has 1 saturated heterocycles. The van der Waals surface area contributed by atoms with Crippen LogP contribution in [0.3, 0.4) is 0 Å². The fourth-order valence-corrected chi connectivity index (χ4v) is 3.94. The second kappa shape index (κ2) is 6.13. The van der Waals surface area contributed by atoms with Crippen molar-refractivity contribution in [1.82, 2.24) is 10.3 Å². The van der Waals surface area contributed by atoms with Gasteiger partial charge in [-0.05, 0) is 63.3 Å². The van der Waals surface area contributed by atoms with E-state index >= 15 is 0 Å². The van der Waals surface area contributed by atoms with Crippen LogP contribution in [0.1, 0.15) is 57.1 Å². The Bertz CT molecular complexity index is 440. The topological polar surface area (TPSA) is 28.2 Å². The van der Waals surface area contributed by atoms with E-state index in [0.29, 0.717) is 6.04 Å². The summed E-state index contributed by atoms with van der Waals surface area (Å²) in [4.78, 5) is 7.24. The molecule has 0 bridgehead atoms. The van der Waals surface area contributed by atoms with Gasteiger partial charge in [0.1, 0.15) is 5.82 Å². The minimum Gasteiger partial charge on any atom is -0.353 e. The van der Waals surface area contributed by atoms with E-state index in [1.807, 2.05) is 13.2 Å². The molecule has 2 unspecified atom stereocenters. The highest BCUT2D eigenvalue weighted by molar-refractivity contribution is 5.44. The van der Waals surface area contributed by atoms with Crippen LogP contribution < -0.4 is 10.2 Å². The predicted octanol–water partition coefficient (Wildman–Crippen LogP) is 3.52. The van der Waals surface area contributed by atoms with Crippen molar-refractivity contribution in [2.24, 2.45) is 5.92 Å². The second-order valence-corrected chi connectivity index (χ2v) is 6.41. The van der Waals surface area contributed by atoms with Crippen molar-refractivity contribution in [2.75, 3.05) is 18.5 Å². The number of anilines is 1. The van der Waals surface area contributed by atoms with Gasteiger partial charge in [-0.15, -0.1) is 0 Å². The first-order valence-electron chi connectivity index (χ1n) is 8.19. The Hall–Kier alpha value is -1.09. The van der Waals surface area contributed by atoms with E-state index in [4.69, 9.17) is 0 Å². The molecule has 2 heterocycles. The lowest BCUT2D eigenvalue weighted by Gasteiger charge is -2.30. The fraction of sp³-hybridized carbons (Fsp3) is 0.706. The van der Waals surface area contributed by atoms with Crippen LogP contribution in [-0.2, 0) is 0 Å². The van der Waals surface area contributed by atoms with Gasteiger partial charge in [-0.1, -0.05) is 12.8 Å². The van der Waals surface area contributed by atoms with E-state index in [0.717, 1.165) is 12.0 Å². The van der Waals surface area contributed by atoms with Crippen LogP contribution in [0.15, 0.2) is 18.3 Å². The molecule has 1 saturated carbocycles. The fourth-order valence-electron chi connectivity index (χ4n) is 3.94. The molecule has 1 aliphatic heterocycles. The molecule has 20 heavy (non-hydrogen) atoms. The Morgan fingerprint density at radius 3 is 2.80 bits per heavy atom. The third-order valence-corrected chi connectivity index (χ3v) is 5.24. The molecule has 2 atom stereocenters. The van der Waals surface area contributed by atoms with Crippen molar-refractivity contribution in [3.8, 4) is 0 Å². The summed E-state index contributed by atoms with van der Waals surface area (Å²) in [5, 5.41) is 3.32. The lowest BCUT2D eigenvalue weighted by Crippen LogP contribution is -2.35. The van der Waals surface area contributed by atoms with Crippen LogP contribution >= 0.6 is 0 Å². The summed E-state index contributed by atoms with van der Waals surface area (Å²) in [5.41, 5.74) is 1.34. The van der Waals surface area contributed by atoms with Crippen molar-refractivity contribution >= 4 is 5.82 Å². The van der Waals surface area contributed by atoms with Crippen LogP contribution in [0.4, 0.5) is 5.82 Å². The number of pyridine rings is 1. The summed E-state index contributed by atoms with van der Waals surface area (Å²) in [5.74, 6) is 2.10. The Labute approximate surface area is 122 Å². The molecule has 0 amide bonds. The van der Waals surface area contributed by atoms with Gasteiger partial charge in [0.15, 0.2) is 0 Å². The third-order valence-electron chi connectivity index (χ3n) is 5.24. The van der Waals surface area contributed by atoms with E-state index in [9.17, 15) is 0 Å². The third kappa shape index (κ3) is 2.69. The average molecular weight is 273 g/mol. The van der Waals surface area contributed by atoms with Crippen LogP contribution in [0.25, 0.3) is 0 Å². The first kappa shape index (κ1) is 13.9. The molecule has 1 aromatic rings. The zero-order valence-corrected chi connectivity index (χ0v) is 12.8. The van der Waals surface area contributed by atoms with Crippen molar-refractivity contribution in [3.05, 3.63) is 23.9 Å². The maximum absolute atomic E-state index is 4.66. The molecule has 1 aromatic heterocycles. The summed E-state index contributed by atoms with van der Waals surface area (Å²) in [6, 6.07) is 5.55. The largest absolute Gasteiger partial charge is 0.353 e. The van der Waals surface area contributed by atoms with Gasteiger partial charge in [0.05, 0.1) is 0 Å². The molecule has 3 heteroatoms. The van der Waals surface area contributed by atoms with E-state index in [-0.39, 0.29) is 0 Å². The van der Waals surface area contributed by atoms with Gasteiger partial charge in [0.25, 0.3) is 0 Å². The standard InChI is InChI=1S/C17H27N3/c1-13(18-2)15-9-10-19-17(12-15)20-11-5-8-16(20)14-6-3-4-7-14/h9-10,12-14,16,18H,3-8,11H2,1-2H3. The lowest BCUT2D eigenvalue weighted by molar-refractivity contribution is 0.429. The summed E-state index contributed by atoms with van der Waals surface area (Å²) >= 11 is 0. The Balaban J connectivity index is 1.80. The minimum atomic E-state index is 0.393. The molecular weight excluding hydrogens is 246 g/mol. The molecule has 2 fully saturated rings. The quantitative estimate of drug-likeness (QED) is 0.909. The second-order valence-electron chi connectivity index (χ2n) is 6.41. The number of hydrogen-bond donors (Lipinski definition) is 1. The van der Waals surface area contributed by atoms with Gasteiger partial charge in [0, 0.05) is 24.8 Å². The van der Waals surface area contributed by atoms with Crippen molar-refractivity contribution in [2.45, 2.75) is 57.5 Å². The summed E-state index contributed by atoms with van der Waals surface area (Å²) in [7, 11) is 2.02. The minimum absolute atomic E-state index is 0.393. The highest BCUT2D eigenvalue weighted by atomic mass is 15.2. The molecule has 3 rings (SSSR count). The predicted molar refractivity (Wildman–Crippen MR) is 84.0 cm³/mol. The summed E-state index contributed by atoms with van der Waals surface area (Å²) in [6.45, 7) is 3.39. The molecular formula is C17H27N3. The Morgan fingerprint density at radius 2 is 2.05 bits per heavy atom. The van der Waals surface area contributed by atoms with Crippen LogP contribution in [0.5, 0.6) is 0 Å². The van der Waals surface area contributed by atoms with Crippen molar-refractivity contribution in [1.29, 1.82) is 0 Å². The molecule has 0 aromatic carbocycles. The van der Waals surface area contributed by atoms with E-state index < -0.39 is 0 Å². The molecule has 2 aliphatic rings. The average Bonchev–Trinajstić information content (AvgIpc) is 3.16. The SMILES string of the molecule is CNC(C)c1ccnc(N2CCCC2C2CCCC2)c1. The smallest absolute Gasteiger partial charge is 0.129 e. The lowest BCUT2D eigenvalue weighted by atomic mass is 9.96. The first-order chi connectivity index (χ1) is 9.79. The van der Waals surface area contributed by atoms with Crippen LogP contribution in [0, 0.1) is 5.92 Å². The first-order valence-corrected chi connectivity index (χ1v) is 8.19. The maximum Gasteiger partial charge on any atom is 0.129 e. The highest BCUT2D eigenvalue weighted by Crippen LogP contribution is 2.37. The van der Waals surface area contributed by atoms with Gasteiger partial charge >= 0.3 is 0 Å². The van der Waals surface area contributed by atoms with E-state index in [2.05, 4.69) is 34.3 Å². The summed E-state index contributed by atoms with van der Waals surface area (Å²) < 4.78 is 0. The molecule has 1 N–H and O–H groups in total. The van der Waals surface area contributed by atoms with Gasteiger partial charge in [-0.25, -0.2) is 4.98 Å². The zero-order valence-electron chi connectivity index (χ0n) is 12.8. The highest BCUT2D eigenvalue weighted by Gasteiger charge is 2.33. The van der Waals surface area contributed by atoms with Gasteiger partial charge < -0.3 is 10.2 Å². The van der Waals surface area contributed by atoms with E-state index in [1.54, 1.807) is 0 Å². The molecule has 0 radical (unpaired) electrons. The normalized spacial score (nSPS) is 25.3. The van der Waals surface area contributed by atoms with Gasteiger partial charge in [-0.3, -0.25) is 0 Å². The number of hydrogen-bond acceptors (Lipinski definition) is 3. The monoisotopic (exact) mass is 273 g/mol. The molecule has 3 nitrogen and oxygen atoms in total. The number of aromatic nitrogens is 1. The number of nitrogens with one attached hydrogen (secondary N) is 1. The molecule has 1 aliphatic carbocycles. The van der Waals surface area contributed by atoms with E-state index in [1.165, 1.54) is 56.5 Å². The zero-order chi connectivity index (χ0) is 13.9. The van der Waals surface area contributed by atoms with Gasteiger partial charge in [0.2, 0.25) is 0 Å². The number of rotatable bonds is 4. The Morgan fingerprint density at radius 1 is 1.25 bits per heavy atom. The van der Waals surface area contributed by atoms with Crippen molar-refractivity contribution < 1.29 is 0 Å². The maximum atomic E-state index is 4.66. The van der Waals surface area contributed by atoms with Crippen LogP contribution in [0.2, 0.25) is 0 Å². The molecule has 110 valence electrons. The Kier molecular flexibility index (Phi) is 4.25. The van der Waals surface area contributed by atoms with Crippen LogP contribution in [-0.4, -0.2) is 24.6 Å². The number of nitrogens with zero attached hydrogens (tertiary/aromatic N) is 2. The summed E-state index contributed by atoms with van der Waals surface area (Å²) in [6.07, 6.45) is 10.4. The van der Waals surface area contributed by atoms with Crippen molar-refractivity contribution in [3.63, 3.8) is 0 Å². The molecule has 0 spiro atoms.